The van der Waals surface area contributed by atoms with Gasteiger partial charge in [0.1, 0.15) is 17.5 Å². The minimum atomic E-state index is -0.671. The van der Waals surface area contributed by atoms with Crippen molar-refractivity contribution in [1.82, 2.24) is 4.98 Å². The fourth-order valence-electron chi connectivity index (χ4n) is 3.31. The van der Waals surface area contributed by atoms with Crippen LogP contribution in [0.25, 0.3) is 0 Å². The molecule has 4 nitrogen and oxygen atoms in total. The zero-order chi connectivity index (χ0) is 16.7. The number of carbonyl (C=O) groups excluding carboxylic acids is 1. The van der Waals surface area contributed by atoms with Crippen molar-refractivity contribution < 1.29 is 13.6 Å². The van der Waals surface area contributed by atoms with E-state index in [9.17, 15) is 13.6 Å². The lowest BCUT2D eigenvalue weighted by Crippen LogP contribution is -2.23. The van der Waals surface area contributed by atoms with E-state index in [4.69, 9.17) is 0 Å². The van der Waals surface area contributed by atoms with Crippen LogP contribution >= 0.6 is 0 Å². The van der Waals surface area contributed by atoms with E-state index in [1.165, 1.54) is 12.1 Å². The molecule has 2 heterocycles. The number of ketones is 1. The molecule has 0 amide bonds. The molecule has 24 heavy (non-hydrogen) atoms. The lowest BCUT2D eigenvalue weighted by atomic mass is 9.86. The summed E-state index contributed by atoms with van der Waals surface area (Å²) in [7, 11) is 0. The summed E-state index contributed by atoms with van der Waals surface area (Å²) in [6.07, 6.45) is 3.53. The lowest BCUT2D eigenvalue weighted by Gasteiger charge is -2.25. The summed E-state index contributed by atoms with van der Waals surface area (Å²) in [6, 6.07) is 6.33. The van der Waals surface area contributed by atoms with Gasteiger partial charge in [-0.05, 0) is 42.7 Å². The molecule has 122 valence electrons. The maximum Gasteiger partial charge on any atom is 0.163 e. The van der Waals surface area contributed by atoms with Crippen molar-refractivity contribution in [3.63, 3.8) is 0 Å². The van der Waals surface area contributed by atoms with Gasteiger partial charge in [-0.1, -0.05) is 0 Å². The number of nitrogens with zero attached hydrogens (tertiary/aromatic N) is 1. The summed E-state index contributed by atoms with van der Waals surface area (Å²) in [5, 5.41) is 6.44. The smallest absolute Gasteiger partial charge is 0.163 e. The molecule has 0 spiro atoms. The molecule has 0 fully saturated rings. The van der Waals surface area contributed by atoms with Crippen molar-refractivity contribution in [2.24, 2.45) is 0 Å². The highest BCUT2D eigenvalue weighted by atomic mass is 19.1. The zero-order valence-electron chi connectivity index (χ0n) is 12.8. The first-order valence-corrected chi connectivity index (χ1v) is 7.82. The molecule has 2 aliphatic rings. The van der Waals surface area contributed by atoms with Crippen molar-refractivity contribution in [3.8, 4) is 0 Å². The molecular formula is C18H15F2N3O. The summed E-state index contributed by atoms with van der Waals surface area (Å²) in [6.45, 7) is 0. The molecule has 1 aromatic carbocycles. The number of Topliss-reactive ketones (excluding diaryl/α,β-unsaturated/α-hetero) is 1. The zero-order valence-corrected chi connectivity index (χ0v) is 12.8. The molecule has 1 aliphatic carbocycles. The van der Waals surface area contributed by atoms with E-state index in [2.05, 4.69) is 15.6 Å². The minimum absolute atomic E-state index is 0.0151. The van der Waals surface area contributed by atoms with Gasteiger partial charge in [0, 0.05) is 30.0 Å². The molecule has 0 radical (unpaired) electrons. The van der Waals surface area contributed by atoms with Crippen LogP contribution in [0.4, 0.5) is 20.3 Å². The number of pyridine rings is 1. The second-order valence-electron chi connectivity index (χ2n) is 5.97. The second kappa shape index (κ2) is 5.70. The van der Waals surface area contributed by atoms with E-state index in [1.807, 2.05) is 6.07 Å². The van der Waals surface area contributed by atoms with Crippen LogP contribution in [-0.2, 0) is 4.79 Å². The predicted octanol–water partition coefficient (Wildman–Crippen LogP) is 3.95. The molecule has 1 aromatic heterocycles. The van der Waals surface area contributed by atoms with Gasteiger partial charge in [-0.25, -0.2) is 13.8 Å². The maximum absolute atomic E-state index is 13.7. The first kappa shape index (κ1) is 14.8. The Hall–Kier alpha value is -2.76. The predicted molar refractivity (Wildman–Crippen MR) is 86.5 cm³/mol. The van der Waals surface area contributed by atoms with E-state index in [0.717, 1.165) is 23.9 Å². The molecule has 0 saturated carbocycles. The molecule has 6 heteroatoms. The Morgan fingerprint density at radius 2 is 1.92 bits per heavy atom. The highest BCUT2D eigenvalue weighted by Gasteiger charge is 2.32. The number of nitrogens with one attached hydrogen (secondary N) is 2. The number of halogens is 2. The highest BCUT2D eigenvalue weighted by Crippen LogP contribution is 2.39. The topological polar surface area (TPSA) is 54.0 Å². The van der Waals surface area contributed by atoms with Gasteiger partial charge in [0.05, 0.1) is 11.7 Å². The van der Waals surface area contributed by atoms with E-state index in [1.54, 1.807) is 12.3 Å². The van der Waals surface area contributed by atoms with Crippen LogP contribution in [0, 0.1) is 11.6 Å². The van der Waals surface area contributed by atoms with Crippen LogP contribution in [0.15, 0.2) is 47.8 Å². The number of rotatable bonds is 1. The summed E-state index contributed by atoms with van der Waals surface area (Å²) in [4.78, 5) is 16.8. The third kappa shape index (κ3) is 2.54. The van der Waals surface area contributed by atoms with Crippen molar-refractivity contribution in [2.75, 3.05) is 10.6 Å². The fourth-order valence-corrected chi connectivity index (χ4v) is 3.31. The Balaban J connectivity index is 1.90. The van der Waals surface area contributed by atoms with E-state index in [0.29, 0.717) is 29.8 Å². The summed E-state index contributed by atoms with van der Waals surface area (Å²) >= 11 is 0. The first-order valence-electron chi connectivity index (χ1n) is 7.82. The highest BCUT2D eigenvalue weighted by molar-refractivity contribution is 6.00. The number of hydrogen-bond acceptors (Lipinski definition) is 4. The van der Waals surface area contributed by atoms with Crippen LogP contribution in [0.5, 0.6) is 0 Å². The van der Waals surface area contributed by atoms with Crippen LogP contribution in [0.3, 0.4) is 0 Å². The number of anilines is 2. The molecule has 2 aromatic rings. The number of carbonyl (C=O) groups is 1. The number of fused-ring (bicyclic) bond motifs is 1. The number of aromatic nitrogens is 1. The van der Waals surface area contributed by atoms with E-state index >= 15 is 0 Å². The van der Waals surface area contributed by atoms with Gasteiger partial charge in [0.25, 0.3) is 0 Å². The number of benzene rings is 1. The first-order chi connectivity index (χ1) is 11.6. The van der Waals surface area contributed by atoms with Crippen molar-refractivity contribution in [1.29, 1.82) is 0 Å². The molecule has 1 unspecified atom stereocenters. The van der Waals surface area contributed by atoms with Crippen LogP contribution < -0.4 is 10.6 Å². The lowest BCUT2D eigenvalue weighted by molar-refractivity contribution is -0.116. The Kier molecular flexibility index (Phi) is 3.52. The molecule has 2 N–H and O–H groups in total. The van der Waals surface area contributed by atoms with Crippen LogP contribution in [0.1, 0.15) is 30.9 Å². The monoisotopic (exact) mass is 327 g/mol. The van der Waals surface area contributed by atoms with Crippen molar-refractivity contribution >= 4 is 17.3 Å². The number of hydrogen-bond donors (Lipinski definition) is 2. The SMILES string of the molecule is O=C1CCCC2=C1C(c1cc(F)cc(F)c1)Nc1ncccc1N2. The molecule has 1 atom stereocenters. The largest absolute Gasteiger partial charge is 0.357 e. The third-order valence-corrected chi connectivity index (χ3v) is 4.34. The van der Waals surface area contributed by atoms with E-state index < -0.39 is 17.7 Å². The molecule has 1 aliphatic heterocycles. The standard InChI is InChI=1S/C18H15F2N3O/c19-11-7-10(8-12(20)9-11)17-16-13(3-1-5-15(16)24)22-14-4-2-6-21-18(14)23-17/h2,4,6-9,17,22H,1,3,5H2,(H,21,23). The van der Waals surface area contributed by atoms with Crippen LogP contribution in [-0.4, -0.2) is 10.8 Å². The Morgan fingerprint density at radius 1 is 1.12 bits per heavy atom. The summed E-state index contributed by atoms with van der Waals surface area (Å²) < 4.78 is 27.4. The van der Waals surface area contributed by atoms with Gasteiger partial charge < -0.3 is 10.6 Å². The maximum atomic E-state index is 13.7. The second-order valence-corrected chi connectivity index (χ2v) is 5.97. The Labute approximate surface area is 137 Å². The van der Waals surface area contributed by atoms with Crippen LogP contribution in [0.2, 0.25) is 0 Å². The van der Waals surface area contributed by atoms with Gasteiger partial charge in [0.2, 0.25) is 0 Å². The van der Waals surface area contributed by atoms with Gasteiger partial charge in [-0.2, -0.15) is 0 Å². The average Bonchev–Trinajstić information content (AvgIpc) is 2.71. The molecule has 0 saturated heterocycles. The normalized spacial score (nSPS) is 19.8. The fraction of sp³-hybridized carbons (Fsp3) is 0.222. The van der Waals surface area contributed by atoms with Gasteiger partial charge in [-0.3, -0.25) is 4.79 Å². The molecular weight excluding hydrogens is 312 g/mol. The van der Waals surface area contributed by atoms with Crippen molar-refractivity contribution in [2.45, 2.75) is 25.3 Å². The number of allylic oxidation sites excluding steroid dienone is 1. The quantitative estimate of drug-likeness (QED) is 0.833. The van der Waals surface area contributed by atoms with E-state index in [-0.39, 0.29) is 5.78 Å². The average molecular weight is 327 g/mol. The Morgan fingerprint density at radius 3 is 2.71 bits per heavy atom. The van der Waals surface area contributed by atoms with Crippen molar-refractivity contribution in [3.05, 3.63) is 65.0 Å². The third-order valence-electron chi connectivity index (χ3n) is 4.34. The summed E-state index contributed by atoms with van der Waals surface area (Å²) in [5.41, 5.74) is 2.44. The Bertz CT molecular complexity index is 843. The van der Waals surface area contributed by atoms with Gasteiger partial charge in [-0.15, -0.1) is 0 Å². The molecule has 4 rings (SSSR count). The van der Waals surface area contributed by atoms with Gasteiger partial charge >= 0.3 is 0 Å². The minimum Gasteiger partial charge on any atom is -0.357 e. The van der Waals surface area contributed by atoms with Gasteiger partial charge in [0.15, 0.2) is 5.78 Å². The molecule has 0 bridgehead atoms. The summed E-state index contributed by atoms with van der Waals surface area (Å²) in [5.74, 6) is -0.806.